The monoisotopic (exact) mass is 389 g/mol. The number of ketones is 1. The Morgan fingerprint density at radius 1 is 1.14 bits per heavy atom. The van der Waals surface area contributed by atoms with Crippen molar-refractivity contribution in [3.8, 4) is 0 Å². The van der Waals surface area contributed by atoms with Crippen LogP contribution in [0.25, 0.3) is 5.57 Å². The van der Waals surface area contributed by atoms with E-state index in [-0.39, 0.29) is 24.2 Å². The van der Waals surface area contributed by atoms with E-state index in [9.17, 15) is 9.59 Å². The molecule has 1 amide bonds. The van der Waals surface area contributed by atoms with Gasteiger partial charge in [-0.1, -0.05) is 36.4 Å². The van der Waals surface area contributed by atoms with Gasteiger partial charge in [0.1, 0.15) is 0 Å². The molecule has 1 atom stereocenters. The van der Waals surface area contributed by atoms with Gasteiger partial charge in [0.05, 0.1) is 6.42 Å². The highest BCUT2D eigenvalue weighted by Gasteiger charge is 2.27. The molecule has 1 aromatic carbocycles. The number of aromatic nitrogens is 1. The molecule has 1 aliphatic carbocycles. The lowest BCUT2D eigenvalue weighted by Gasteiger charge is -2.33. The number of allylic oxidation sites excluding steroid dienone is 1. The summed E-state index contributed by atoms with van der Waals surface area (Å²) in [5, 5.41) is 3.17. The Labute approximate surface area is 171 Å². The molecule has 2 heterocycles. The first kappa shape index (κ1) is 19.5. The summed E-state index contributed by atoms with van der Waals surface area (Å²) in [5.41, 5.74) is 3.97. The molecule has 1 aromatic heterocycles. The van der Waals surface area contributed by atoms with Crippen LogP contribution in [-0.2, 0) is 16.1 Å². The zero-order valence-electron chi connectivity index (χ0n) is 16.6. The molecule has 2 aromatic rings. The number of amides is 1. The van der Waals surface area contributed by atoms with Crippen molar-refractivity contribution in [1.29, 1.82) is 0 Å². The van der Waals surface area contributed by atoms with Crippen molar-refractivity contribution in [3.05, 3.63) is 71.6 Å². The van der Waals surface area contributed by atoms with Crippen LogP contribution in [0.4, 0.5) is 0 Å². The highest BCUT2D eigenvalue weighted by atomic mass is 16.2. The number of nitrogens with one attached hydrogen (secondary N) is 1. The Bertz CT molecular complexity index is 893. The fourth-order valence-corrected chi connectivity index (χ4v) is 4.38. The number of benzene rings is 1. The van der Waals surface area contributed by atoms with Gasteiger partial charge >= 0.3 is 0 Å². The minimum Gasteiger partial charge on any atom is -0.352 e. The van der Waals surface area contributed by atoms with Crippen LogP contribution < -0.4 is 5.32 Å². The zero-order chi connectivity index (χ0) is 20.1. The van der Waals surface area contributed by atoms with Crippen molar-refractivity contribution in [3.63, 3.8) is 0 Å². The van der Waals surface area contributed by atoms with Crippen LogP contribution in [0.2, 0.25) is 0 Å². The second kappa shape index (κ2) is 9.14. The van der Waals surface area contributed by atoms with Gasteiger partial charge in [-0.2, -0.15) is 0 Å². The second-order valence-corrected chi connectivity index (χ2v) is 7.93. The van der Waals surface area contributed by atoms with Gasteiger partial charge < -0.3 is 5.32 Å². The van der Waals surface area contributed by atoms with Crippen LogP contribution >= 0.6 is 0 Å². The summed E-state index contributed by atoms with van der Waals surface area (Å²) in [7, 11) is 0. The topological polar surface area (TPSA) is 62.3 Å². The molecule has 0 bridgehead atoms. The quantitative estimate of drug-likeness (QED) is 0.823. The third-order valence-electron chi connectivity index (χ3n) is 5.76. The third-order valence-corrected chi connectivity index (χ3v) is 5.76. The largest absolute Gasteiger partial charge is 0.352 e. The lowest BCUT2D eigenvalue weighted by atomic mass is 9.99. The molecule has 1 N–H and O–H groups in total. The number of pyridine rings is 1. The Morgan fingerprint density at radius 3 is 2.79 bits per heavy atom. The van der Waals surface area contributed by atoms with E-state index < -0.39 is 0 Å². The summed E-state index contributed by atoms with van der Waals surface area (Å²) in [6.07, 6.45) is 7.14. The van der Waals surface area contributed by atoms with E-state index in [2.05, 4.69) is 21.3 Å². The summed E-state index contributed by atoms with van der Waals surface area (Å²) >= 11 is 0. The molecule has 0 radical (unpaired) electrons. The summed E-state index contributed by atoms with van der Waals surface area (Å²) in [5.74, 6) is 0.0674. The molecule has 2 aliphatic rings. The fourth-order valence-electron chi connectivity index (χ4n) is 4.38. The number of piperidine rings is 1. The summed E-state index contributed by atoms with van der Waals surface area (Å²) < 4.78 is 0. The van der Waals surface area contributed by atoms with Gasteiger partial charge in [-0.25, -0.2) is 0 Å². The van der Waals surface area contributed by atoms with Gasteiger partial charge in [0.25, 0.3) is 0 Å². The normalized spacial score (nSPS) is 20.1. The van der Waals surface area contributed by atoms with Gasteiger partial charge in [-0.05, 0) is 48.6 Å². The van der Waals surface area contributed by atoms with E-state index in [0.29, 0.717) is 12.0 Å². The molecule has 1 fully saturated rings. The predicted molar refractivity (Wildman–Crippen MR) is 113 cm³/mol. The first-order valence-corrected chi connectivity index (χ1v) is 10.4. The highest BCUT2D eigenvalue weighted by molar-refractivity contribution is 6.10. The molecule has 1 saturated heterocycles. The van der Waals surface area contributed by atoms with E-state index in [1.165, 1.54) is 5.56 Å². The van der Waals surface area contributed by atoms with Crippen LogP contribution in [0.15, 0.2) is 60.4 Å². The maximum atomic E-state index is 12.7. The average Bonchev–Trinajstić information content (AvgIpc) is 3.10. The zero-order valence-corrected chi connectivity index (χ0v) is 16.6. The van der Waals surface area contributed by atoms with Crippen LogP contribution in [0.1, 0.15) is 43.2 Å². The van der Waals surface area contributed by atoms with E-state index in [4.69, 9.17) is 0 Å². The van der Waals surface area contributed by atoms with Gasteiger partial charge in [0.2, 0.25) is 5.91 Å². The van der Waals surface area contributed by atoms with Crippen molar-refractivity contribution in [2.45, 2.75) is 44.7 Å². The minimum atomic E-state index is -0.0445. The fraction of sp³-hybridized carbons (Fsp3) is 0.375. The molecule has 4 rings (SSSR count). The van der Waals surface area contributed by atoms with E-state index in [1.54, 1.807) is 6.20 Å². The van der Waals surface area contributed by atoms with Gasteiger partial charge in [0.15, 0.2) is 5.78 Å². The molecular weight excluding hydrogens is 362 g/mol. The summed E-state index contributed by atoms with van der Waals surface area (Å²) in [4.78, 5) is 31.7. The van der Waals surface area contributed by atoms with Crippen molar-refractivity contribution in [1.82, 2.24) is 15.2 Å². The molecule has 1 aliphatic heterocycles. The first-order chi connectivity index (χ1) is 14.2. The molecule has 150 valence electrons. The van der Waals surface area contributed by atoms with E-state index in [0.717, 1.165) is 50.0 Å². The molecule has 5 nitrogen and oxygen atoms in total. The number of hydrogen-bond acceptors (Lipinski definition) is 4. The maximum Gasteiger partial charge on any atom is 0.224 e. The number of Topliss-reactive ketones (excluding diaryl/α,β-unsaturated/α-hetero) is 1. The van der Waals surface area contributed by atoms with Crippen molar-refractivity contribution in [2.75, 3.05) is 13.1 Å². The maximum absolute atomic E-state index is 12.7. The average molecular weight is 389 g/mol. The van der Waals surface area contributed by atoms with E-state index in [1.807, 2.05) is 42.6 Å². The molecule has 0 spiro atoms. The van der Waals surface area contributed by atoms with Crippen molar-refractivity contribution >= 4 is 17.3 Å². The Hall–Kier alpha value is -2.79. The lowest BCUT2D eigenvalue weighted by molar-refractivity contribution is -0.123. The summed E-state index contributed by atoms with van der Waals surface area (Å²) in [6, 6.07) is 14.1. The Morgan fingerprint density at radius 2 is 2.00 bits per heavy atom. The number of carbonyl (C=O) groups is 2. The van der Waals surface area contributed by atoms with Crippen molar-refractivity contribution in [2.24, 2.45) is 0 Å². The first-order valence-electron chi connectivity index (χ1n) is 10.4. The lowest BCUT2D eigenvalue weighted by Crippen LogP contribution is -2.47. The van der Waals surface area contributed by atoms with Crippen LogP contribution in [0.5, 0.6) is 0 Å². The summed E-state index contributed by atoms with van der Waals surface area (Å²) in [6.45, 7) is 2.71. The standard InChI is InChI=1S/C24H27N3O2/c28-23-11-10-21(19-7-2-1-3-8-19)22(23)14-24(29)26-20-9-5-13-27(17-20)16-18-6-4-12-25-15-18/h1-4,6-8,12,15,20H,5,9-11,13-14,16-17H2,(H,26,29). The number of carbonyl (C=O) groups excluding carboxylic acids is 2. The van der Waals surface area contributed by atoms with Crippen LogP contribution in [0.3, 0.4) is 0 Å². The number of nitrogens with zero attached hydrogens (tertiary/aromatic N) is 2. The molecule has 29 heavy (non-hydrogen) atoms. The molecule has 0 saturated carbocycles. The second-order valence-electron chi connectivity index (χ2n) is 7.93. The smallest absolute Gasteiger partial charge is 0.224 e. The highest BCUT2D eigenvalue weighted by Crippen LogP contribution is 2.33. The van der Waals surface area contributed by atoms with Crippen LogP contribution in [-0.4, -0.2) is 40.7 Å². The van der Waals surface area contributed by atoms with Crippen LogP contribution in [0, 0.1) is 0 Å². The predicted octanol–water partition coefficient (Wildman–Crippen LogP) is 3.37. The SMILES string of the molecule is O=C(CC1=C(c2ccccc2)CCC1=O)NC1CCCN(Cc2cccnc2)C1. The van der Waals surface area contributed by atoms with Gasteiger partial charge in [-0.3, -0.25) is 19.5 Å². The number of likely N-dealkylation sites (tertiary alicyclic amines) is 1. The van der Waals surface area contributed by atoms with Gasteiger partial charge in [-0.15, -0.1) is 0 Å². The van der Waals surface area contributed by atoms with E-state index >= 15 is 0 Å². The minimum absolute atomic E-state index is 0.0445. The molecular formula is C24H27N3O2. The van der Waals surface area contributed by atoms with Crippen molar-refractivity contribution < 1.29 is 9.59 Å². The number of hydrogen-bond donors (Lipinski definition) is 1. The Balaban J connectivity index is 1.37. The van der Waals surface area contributed by atoms with Gasteiger partial charge in [0, 0.05) is 43.5 Å². The molecule has 1 unspecified atom stereocenters. The molecule has 5 heteroatoms. The third kappa shape index (κ3) is 4.98. The number of rotatable bonds is 6. The Kier molecular flexibility index (Phi) is 6.15.